The quantitative estimate of drug-likeness (QED) is 0.713. The number of rotatable bonds is 5. The van der Waals surface area contributed by atoms with Crippen LogP contribution in [-0.2, 0) is 17.9 Å². The standard InChI is InChI=1S/C17H18N6O3/c24-16(18-9-14-2-1-7-26-14)8-13-11-22(10-12-3-6-20-23(12)13)17(25)15-4-5-19-21-15/h1-7,13H,8-11H2,(H,18,24)(H,19,21)/t13-/m0/s1. The summed E-state index contributed by atoms with van der Waals surface area (Å²) >= 11 is 0. The van der Waals surface area contributed by atoms with Gasteiger partial charge in [0.1, 0.15) is 11.5 Å². The van der Waals surface area contributed by atoms with E-state index in [2.05, 4.69) is 20.6 Å². The Labute approximate surface area is 149 Å². The third kappa shape index (κ3) is 3.23. The second-order valence-corrected chi connectivity index (χ2v) is 6.14. The Morgan fingerprint density at radius 2 is 2.23 bits per heavy atom. The predicted molar refractivity (Wildman–Crippen MR) is 89.8 cm³/mol. The first kappa shape index (κ1) is 16.1. The summed E-state index contributed by atoms with van der Waals surface area (Å²) in [5, 5.41) is 13.7. The molecule has 0 saturated carbocycles. The van der Waals surface area contributed by atoms with Gasteiger partial charge in [-0.15, -0.1) is 0 Å². The Morgan fingerprint density at radius 3 is 3.00 bits per heavy atom. The molecule has 0 saturated heterocycles. The summed E-state index contributed by atoms with van der Waals surface area (Å²) in [6.07, 6.45) is 5.02. The molecule has 0 aromatic carbocycles. The molecule has 0 bridgehead atoms. The molecule has 26 heavy (non-hydrogen) atoms. The van der Waals surface area contributed by atoms with E-state index in [0.717, 1.165) is 5.69 Å². The molecule has 2 N–H and O–H groups in total. The number of hydrogen-bond donors (Lipinski definition) is 2. The van der Waals surface area contributed by atoms with Gasteiger partial charge >= 0.3 is 0 Å². The van der Waals surface area contributed by atoms with Gasteiger partial charge in [0.25, 0.3) is 5.91 Å². The lowest BCUT2D eigenvalue weighted by molar-refractivity contribution is -0.122. The number of aromatic amines is 1. The number of nitrogens with one attached hydrogen (secondary N) is 2. The van der Waals surface area contributed by atoms with Gasteiger partial charge in [-0.05, 0) is 24.3 Å². The summed E-state index contributed by atoms with van der Waals surface area (Å²) in [7, 11) is 0. The third-order valence-electron chi connectivity index (χ3n) is 4.36. The van der Waals surface area contributed by atoms with E-state index in [9.17, 15) is 9.59 Å². The molecule has 1 aliphatic rings. The van der Waals surface area contributed by atoms with Gasteiger partial charge in [0.15, 0.2) is 0 Å². The number of fused-ring (bicyclic) bond motifs is 1. The van der Waals surface area contributed by atoms with Crippen molar-refractivity contribution in [3.63, 3.8) is 0 Å². The van der Waals surface area contributed by atoms with Crippen molar-refractivity contribution < 1.29 is 14.0 Å². The van der Waals surface area contributed by atoms with Crippen LogP contribution in [0.15, 0.2) is 47.3 Å². The molecule has 9 nitrogen and oxygen atoms in total. The molecule has 0 aliphatic carbocycles. The molecular formula is C17H18N6O3. The molecule has 1 aliphatic heterocycles. The highest BCUT2D eigenvalue weighted by atomic mass is 16.3. The van der Waals surface area contributed by atoms with Gasteiger partial charge in [-0.25, -0.2) is 0 Å². The minimum Gasteiger partial charge on any atom is -0.467 e. The highest BCUT2D eigenvalue weighted by molar-refractivity contribution is 5.92. The van der Waals surface area contributed by atoms with E-state index >= 15 is 0 Å². The molecule has 2 amide bonds. The van der Waals surface area contributed by atoms with Gasteiger partial charge in [-0.2, -0.15) is 10.2 Å². The fourth-order valence-corrected chi connectivity index (χ4v) is 3.12. The lowest BCUT2D eigenvalue weighted by Crippen LogP contribution is -2.43. The SMILES string of the molecule is O=C(C[C@H]1CN(C(=O)c2ccn[nH]2)Cc2ccnn21)NCc1ccco1. The monoisotopic (exact) mass is 354 g/mol. The van der Waals surface area contributed by atoms with Gasteiger partial charge in [-0.3, -0.25) is 19.4 Å². The van der Waals surface area contributed by atoms with Gasteiger partial charge in [0, 0.05) is 18.9 Å². The Bertz CT molecular complexity index is 884. The Kier molecular flexibility index (Phi) is 4.26. The molecule has 3 aromatic rings. The van der Waals surface area contributed by atoms with Crippen molar-refractivity contribution in [2.75, 3.05) is 6.54 Å². The summed E-state index contributed by atoms with van der Waals surface area (Å²) in [5.41, 5.74) is 1.33. The van der Waals surface area contributed by atoms with Gasteiger partial charge < -0.3 is 14.6 Å². The van der Waals surface area contributed by atoms with Gasteiger partial charge in [0.2, 0.25) is 5.91 Å². The Balaban J connectivity index is 1.44. The number of carbonyl (C=O) groups excluding carboxylic acids is 2. The maximum atomic E-state index is 12.6. The zero-order valence-corrected chi connectivity index (χ0v) is 14.0. The summed E-state index contributed by atoms with van der Waals surface area (Å²) < 4.78 is 7.04. The Morgan fingerprint density at radius 1 is 1.31 bits per heavy atom. The van der Waals surface area contributed by atoms with Crippen LogP contribution < -0.4 is 5.32 Å². The average Bonchev–Trinajstić information content (AvgIpc) is 3.41. The molecule has 134 valence electrons. The molecule has 3 aromatic heterocycles. The molecule has 9 heteroatoms. The van der Waals surface area contributed by atoms with Crippen LogP contribution in [0.4, 0.5) is 0 Å². The van der Waals surface area contributed by atoms with Crippen LogP contribution in [0, 0.1) is 0 Å². The second-order valence-electron chi connectivity index (χ2n) is 6.14. The van der Waals surface area contributed by atoms with Gasteiger partial charge in [0.05, 0.1) is 37.5 Å². The summed E-state index contributed by atoms with van der Waals surface area (Å²) in [4.78, 5) is 26.7. The highest BCUT2D eigenvalue weighted by Crippen LogP contribution is 2.24. The maximum Gasteiger partial charge on any atom is 0.272 e. The van der Waals surface area contributed by atoms with Gasteiger partial charge in [-0.1, -0.05) is 0 Å². The van der Waals surface area contributed by atoms with E-state index in [1.807, 2.05) is 10.7 Å². The predicted octanol–water partition coefficient (Wildman–Crippen LogP) is 1.10. The fraction of sp³-hybridized carbons (Fsp3) is 0.294. The molecule has 0 fully saturated rings. The van der Waals surface area contributed by atoms with Crippen molar-refractivity contribution in [2.24, 2.45) is 0 Å². The average molecular weight is 354 g/mol. The van der Waals surface area contributed by atoms with E-state index in [1.165, 1.54) is 0 Å². The number of aromatic nitrogens is 4. The zero-order valence-electron chi connectivity index (χ0n) is 14.0. The van der Waals surface area contributed by atoms with Crippen molar-refractivity contribution >= 4 is 11.8 Å². The molecule has 4 rings (SSSR count). The topological polar surface area (TPSA) is 109 Å². The summed E-state index contributed by atoms with van der Waals surface area (Å²) in [5.74, 6) is 0.428. The number of H-pyrrole nitrogens is 1. The number of amides is 2. The number of nitrogens with zero attached hydrogens (tertiary/aromatic N) is 4. The minimum atomic E-state index is -0.225. The van der Waals surface area contributed by atoms with Crippen LogP contribution >= 0.6 is 0 Å². The Hall–Kier alpha value is -3.36. The zero-order chi connectivity index (χ0) is 17.9. The van der Waals surface area contributed by atoms with Crippen molar-refractivity contribution in [3.05, 3.63) is 60.1 Å². The van der Waals surface area contributed by atoms with E-state index < -0.39 is 0 Å². The lowest BCUT2D eigenvalue weighted by Gasteiger charge is -2.33. The van der Waals surface area contributed by atoms with Crippen LogP contribution in [0.1, 0.15) is 34.4 Å². The van der Waals surface area contributed by atoms with Crippen LogP contribution in [0.3, 0.4) is 0 Å². The first-order valence-electron chi connectivity index (χ1n) is 8.31. The van der Waals surface area contributed by atoms with E-state index in [1.54, 1.807) is 41.8 Å². The van der Waals surface area contributed by atoms with E-state index in [0.29, 0.717) is 31.1 Å². The molecule has 0 radical (unpaired) electrons. The minimum absolute atomic E-state index is 0.122. The van der Waals surface area contributed by atoms with Crippen molar-refractivity contribution in [2.45, 2.75) is 25.6 Å². The van der Waals surface area contributed by atoms with E-state index in [-0.39, 0.29) is 24.3 Å². The van der Waals surface area contributed by atoms with Crippen molar-refractivity contribution in [3.8, 4) is 0 Å². The van der Waals surface area contributed by atoms with Crippen molar-refractivity contribution in [1.82, 2.24) is 30.2 Å². The lowest BCUT2D eigenvalue weighted by atomic mass is 10.1. The number of hydrogen-bond acceptors (Lipinski definition) is 5. The number of furan rings is 1. The molecule has 1 atom stereocenters. The normalized spacial score (nSPS) is 16.3. The molecule has 4 heterocycles. The second kappa shape index (κ2) is 6.87. The van der Waals surface area contributed by atoms with Crippen LogP contribution in [0.2, 0.25) is 0 Å². The van der Waals surface area contributed by atoms with Crippen molar-refractivity contribution in [1.29, 1.82) is 0 Å². The first-order valence-corrected chi connectivity index (χ1v) is 8.31. The smallest absolute Gasteiger partial charge is 0.272 e. The number of carbonyl (C=O) groups is 2. The molecule has 0 unspecified atom stereocenters. The van der Waals surface area contributed by atoms with Crippen LogP contribution in [0.5, 0.6) is 0 Å². The first-order chi connectivity index (χ1) is 12.7. The molecule has 0 spiro atoms. The summed E-state index contributed by atoms with van der Waals surface area (Å²) in [6.45, 7) is 1.18. The third-order valence-corrected chi connectivity index (χ3v) is 4.36. The van der Waals surface area contributed by atoms with E-state index in [4.69, 9.17) is 4.42 Å². The largest absolute Gasteiger partial charge is 0.467 e. The fourth-order valence-electron chi connectivity index (χ4n) is 3.12. The van der Waals surface area contributed by atoms with Crippen LogP contribution in [-0.4, -0.2) is 43.2 Å². The maximum absolute atomic E-state index is 12.6. The molecular weight excluding hydrogens is 336 g/mol. The summed E-state index contributed by atoms with van der Waals surface area (Å²) in [6, 6.07) is 6.85. The van der Waals surface area contributed by atoms with Crippen LogP contribution in [0.25, 0.3) is 0 Å². The highest BCUT2D eigenvalue weighted by Gasteiger charge is 2.30.